The van der Waals surface area contributed by atoms with Crippen molar-refractivity contribution in [3.8, 4) is 11.3 Å². The number of hydrogen-bond donors (Lipinski definition) is 1. The second-order valence-corrected chi connectivity index (χ2v) is 11.3. The van der Waals surface area contributed by atoms with Gasteiger partial charge in [-0.25, -0.2) is 4.98 Å². The van der Waals surface area contributed by atoms with Crippen molar-refractivity contribution >= 4 is 21.7 Å². The molecule has 0 bridgehead atoms. The number of pyridine rings is 1. The summed E-state index contributed by atoms with van der Waals surface area (Å²) in [5, 5.41) is 1.29. The van der Waals surface area contributed by atoms with E-state index in [2.05, 4.69) is 51.6 Å². The average Bonchev–Trinajstić information content (AvgIpc) is 3.32. The highest BCUT2D eigenvalue weighted by molar-refractivity contribution is 7.18. The second-order valence-electron chi connectivity index (χ2n) is 10.3. The summed E-state index contributed by atoms with van der Waals surface area (Å²) in [4.78, 5) is 25.0. The third-order valence-corrected chi connectivity index (χ3v) is 8.75. The highest BCUT2D eigenvalue weighted by Gasteiger charge is 2.29. The van der Waals surface area contributed by atoms with E-state index in [0.29, 0.717) is 23.9 Å². The molecule has 174 valence electrons. The number of rotatable bonds is 5. The highest BCUT2D eigenvalue weighted by Crippen LogP contribution is 2.43. The average molecular weight is 455 g/mol. The molecule has 0 spiro atoms. The van der Waals surface area contributed by atoms with E-state index in [4.69, 9.17) is 4.98 Å². The van der Waals surface area contributed by atoms with Gasteiger partial charge in [-0.05, 0) is 71.9 Å². The van der Waals surface area contributed by atoms with Gasteiger partial charge in [-0.3, -0.25) is 4.79 Å². The van der Waals surface area contributed by atoms with Crippen molar-refractivity contribution in [2.45, 2.75) is 91.1 Å². The van der Waals surface area contributed by atoms with Gasteiger partial charge in [0.05, 0.1) is 10.7 Å². The fourth-order valence-corrected chi connectivity index (χ4v) is 6.39. The molecule has 0 saturated heterocycles. The number of nitrogens with zero attached hydrogens (tertiary/aromatic N) is 3. The first-order valence-electron chi connectivity index (χ1n) is 12.0. The van der Waals surface area contributed by atoms with Gasteiger partial charge in [0.1, 0.15) is 10.3 Å². The molecule has 0 atom stereocenters. The third-order valence-electron chi connectivity index (χ3n) is 7.62. The maximum atomic E-state index is 12.4. The predicted molar refractivity (Wildman–Crippen MR) is 136 cm³/mol. The van der Waals surface area contributed by atoms with E-state index in [1.165, 1.54) is 41.1 Å². The smallest absolute Gasteiger partial charge is 0.253 e. The van der Waals surface area contributed by atoms with E-state index in [9.17, 15) is 4.79 Å². The first-order valence-corrected chi connectivity index (χ1v) is 12.8. The third kappa shape index (κ3) is 3.96. The van der Waals surface area contributed by atoms with Crippen LogP contribution in [0.1, 0.15) is 86.9 Å². The van der Waals surface area contributed by atoms with Crippen LogP contribution in [-0.4, -0.2) is 38.6 Å². The quantitative estimate of drug-likeness (QED) is 0.507. The molecule has 3 heterocycles. The van der Waals surface area contributed by atoms with Crippen LogP contribution in [0.3, 0.4) is 0 Å². The van der Waals surface area contributed by atoms with Gasteiger partial charge < -0.3 is 14.5 Å². The SMILES string of the molecule is Cc1c(-c2[nH]c3sc(C4CCC(N(C)C(C)C)CC4)nc3c2C(C)C)cn(C)c(=O)c1C. The molecule has 6 heteroatoms. The normalized spacial score (nSPS) is 19.7. The van der Waals surface area contributed by atoms with E-state index in [0.717, 1.165) is 27.9 Å². The lowest BCUT2D eigenvalue weighted by molar-refractivity contribution is 0.148. The maximum absolute atomic E-state index is 12.4. The molecule has 0 radical (unpaired) electrons. The van der Waals surface area contributed by atoms with Gasteiger partial charge in [0.15, 0.2) is 0 Å². The second kappa shape index (κ2) is 8.79. The van der Waals surface area contributed by atoms with E-state index >= 15 is 0 Å². The Morgan fingerprint density at radius 3 is 2.38 bits per heavy atom. The lowest BCUT2D eigenvalue weighted by Crippen LogP contribution is -2.39. The minimum Gasteiger partial charge on any atom is -0.345 e. The molecule has 1 aliphatic rings. The summed E-state index contributed by atoms with van der Waals surface area (Å²) in [7, 11) is 4.10. The van der Waals surface area contributed by atoms with Crippen LogP contribution >= 0.6 is 11.3 Å². The first kappa shape index (κ1) is 23.2. The van der Waals surface area contributed by atoms with Gasteiger partial charge in [-0.15, -0.1) is 11.3 Å². The zero-order chi connectivity index (χ0) is 23.3. The number of aromatic nitrogens is 3. The number of thiazole rings is 1. The Kier molecular flexibility index (Phi) is 6.38. The molecule has 3 aromatic rings. The van der Waals surface area contributed by atoms with Crippen LogP contribution in [0.15, 0.2) is 11.0 Å². The Morgan fingerprint density at radius 2 is 1.78 bits per heavy atom. The number of H-pyrrole nitrogens is 1. The largest absolute Gasteiger partial charge is 0.345 e. The number of aryl methyl sites for hydroxylation is 1. The fraction of sp³-hybridized carbons (Fsp3) is 0.615. The molecule has 0 unspecified atom stereocenters. The summed E-state index contributed by atoms with van der Waals surface area (Å²) in [5.74, 6) is 0.920. The van der Waals surface area contributed by atoms with E-state index in [1.54, 1.807) is 4.57 Å². The lowest BCUT2D eigenvalue weighted by atomic mass is 9.85. The Labute approximate surface area is 195 Å². The van der Waals surface area contributed by atoms with Crippen LogP contribution in [0.25, 0.3) is 21.6 Å². The molecule has 0 aliphatic heterocycles. The predicted octanol–water partition coefficient (Wildman–Crippen LogP) is 6.10. The Hall–Kier alpha value is -1.92. The van der Waals surface area contributed by atoms with Gasteiger partial charge in [-0.2, -0.15) is 0 Å². The maximum Gasteiger partial charge on any atom is 0.253 e. The van der Waals surface area contributed by atoms with Crippen LogP contribution < -0.4 is 5.56 Å². The van der Waals surface area contributed by atoms with Crippen LogP contribution in [0.4, 0.5) is 0 Å². The Balaban J connectivity index is 1.69. The van der Waals surface area contributed by atoms with Crippen LogP contribution in [-0.2, 0) is 7.05 Å². The van der Waals surface area contributed by atoms with Gasteiger partial charge in [0, 0.05) is 47.9 Å². The van der Waals surface area contributed by atoms with Crippen LogP contribution in [0.5, 0.6) is 0 Å². The van der Waals surface area contributed by atoms with Gasteiger partial charge in [-0.1, -0.05) is 13.8 Å². The molecule has 32 heavy (non-hydrogen) atoms. The molecule has 1 fully saturated rings. The summed E-state index contributed by atoms with van der Waals surface area (Å²) in [5.41, 5.74) is 6.58. The van der Waals surface area contributed by atoms with E-state index in [-0.39, 0.29) is 5.56 Å². The minimum atomic E-state index is 0.0739. The number of hydrogen-bond acceptors (Lipinski definition) is 4. The Morgan fingerprint density at radius 1 is 1.12 bits per heavy atom. The molecule has 1 N–H and O–H groups in total. The summed E-state index contributed by atoms with van der Waals surface area (Å²) in [6.07, 6.45) is 6.93. The van der Waals surface area contributed by atoms with Gasteiger partial charge in [0.25, 0.3) is 5.56 Å². The molecule has 3 aromatic heterocycles. The molecule has 0 amide bonds. The summed E-state index contributed by atoms with van der Waals surface area (Å²) < 4.78 is 1.70. The van der Waals surface area contributed by atoms with Gasteiger partial charge in [0.2, 0.25) is 0 Å². The molecule has 5 nitrogen and oxygen atoms in total. The van der Waals surface area contributed by atoms with E-state index in [1.807, 2.05) is 31.5 Å². The zero-order valence-corrected chi connectivity index (χ0v) is 21.7. The van der Waals surface area contributed by atoms with Crippen LogP contribution in [0.2, 0.25) is 0 Å². The summed E-state index contributed by atoms with van der Waals surface area (Å²) >= 11 is 1.84. The minimum absolute atomic E-state index is 0.0739. The standard InChI is InChI=1S/C26H38N4OS/c1-14(2)21-22(20-13-29(7)26(31)17(6)16(20)5)27-25-23(21)28-24(32-25)18-9-11-19(12-10-18)30(8)15(3)4/h13-15,18-19,27H,9-12H2,1-8H3. The lowest BCUT2D eigenvalue weighted by Gasteiger charge is -2.36. The first-order chi connectivity index (χ1) is 15.1. The van der Waals surface area contributed by atoms with Crippen molar-refractivity contribution in [1.29, 1.82) is 0 Å². The fourth-order valence-electron chi connectivity index (χ4n) is 5.23. The monoisotopic (exact) mass is 454 g/mol. The van der Waals surface area contributed by atoms with Crippen molar-refractivity contribution in [3.63, 3.8) is 0 Å². The number of nitrogens with one attached hydrogen (secondary N) is 1. The molecule has 1 aliphatic carbocycles. The molecular formula is C26H38N4OS. The molecule has 1 saturated carbocycles. The zero-order valence-electron chi connectivity index (χ0n) is 20.9. The number of aromatic amines is 1. The highest BCUT2D eigenvalue weighted by atomic mass is 32.1. The molecular weight excluding hydrogens is 416 g/mol. The van der Waals surface area contributed by atoms with Crippen molar-refractivity contribution in [1.82, 2.24) is 19.4 Å². The van der Waals surface area contributed by atoms with Crippen molar-refractivity contribution < 1.29 is 0 Å². The molecule has 0 aromatic carbocycles. The van der Waals surface area contributed by atoms with Crippen molar-refractivity contribution in [2.75, 3.05) is 7.05 Å². The Bertz CT molecular complexity index is 1170. The van der Waals surface area contributed by atoms with E-state index < -0.39 is 0 Å². The topological polar surface area (TPSA) is 53.9 Å². The van der Waals surface area contributed by atoms with Crippen molar-refractivity contribution in [3.05, 3.63) is 38.2 Å². The summed E-state index contributed by atoms with van der Waals surface area (Å²) in [6.45, 7) is 13.0. The van der Waals surface area contributed by atoms with Crippen LogP contribution in [0, 0.1) is 13.8 Å². The number of fused-ring (bicyclic) bond motifs is 1. The van der Waals surface area contributed by atoms with Gasteiger partial charge >= 0.3 is 0 Å². The van der Waals surface area contributed by atoms with Crippen molar-refractivity contribution in [2.24, 2.45) is 7.05 Å². The summed E-state index contributed by atoms with van der Waals surface area (Å²) in [6, 6.07) is 1.30. The molecule has 4 rings (SSSR count).